The van der Waals surface area contributed by atoms with Crippen LogP contribution in [0.25, 0.3) is 22.2 Å². The Labute approximate surface area is 166 Å². The molecule has 6 heteroatoms. The Balaban J connectivity index is 1.76. The number of benzene rings is 3. The molecule has 1 aliphatic heterocycles. The summed E-state index contributed by atoms with van der Waals surface area (Å²) in [6, 6.07) is 23.1. The van der Waals surface area contributed by atoms with Crippen LogP contribution in [0, 0.1) is 0 Å². The first-order valence-electron chi connectivity index (χ1n) is 8.88. The van der Waals surface area contributed by atoms with Gasteiger partial charge in [0.1, 0.15) is 6.54 Å². The summed E-state index contributed by atoms with van der Waals surface area (Å²) in [5.74, 6) is 0.385. The summed E-state index contributed by atoms with van der Waals surface area (Å²) in [7, 11) is 0. The van der Waals surface area contributed by atoms with Gasteiger partial charge in [0.25, 0.3) is 0 Å². The third-order valence-electron chi connectivity index (χ3n) is 4.71. The van der Waals surface area contributed by atoms with Crippen LogP contribution < -0.4 is 10.2 Å². The van der Waals surface area contributed by atoms with E-state index in [9.17, 15) is 4.79 Å². The van der Waals surface area contributed by atoms with E-state index in [2.05, 4.69) is 5.32 Å². The molecule has 0 aliphatic carbocycles. The molecular weight excluding hydrogens is 372 g/mol. The van der Waals surface area contributed by atoms with Crippen molar-refractivity contribution in [1.82, 2.24) is 9.97 Å². The molecule has 1 aliphatic rings. The number of nitrogens with zero attached hydrogens (tertiary/aromatic N) is 3. The monoisotopic (exact) mass is 386 g/mol. The van der Waals surface area contributed by atoms with Gasteiger partial charge < -0.3 is 5.32 Å². The average molecular weight is 387 g/mol. The van der Waals surface area contributed by atoms with Gasteiger partial charge in [0.2, 0.25) is 11.9 Å². The van der Waals surface area contributed by atoms with Crippen molar-refractivity contribution >= 4 is 45.7 Å². The van der Waals surface area contributed by atoms with E-state index in [1.54, 1.807) is 0 Å². The van der Waals surface area contributed by atoms with Gasteiger partial charge in [0.05, 0.1) is 22.6 Å². The normalized spacial score (nSPS) is 13.3. The number of hydrogen-bond acceptors (Lipinski definition) is 4. The van der Waals surface area contributed by atoms with Crippen LogP contribution in [-0.4, -0.2) is 22.4 Å². The van der Waals surface area contributed by atoms with Crippen LogP contribution in [0.2, 0.25) is 5.02 Å². The molecule has 0 radical (unpaired) electrons. The van der Waals surface area contributed by atoms with E-state index in [1.807, 2.05) is 77.7 Å². The predicted octanol–water partition coefficient (Wildman–Crippen LogP) is 5.04. The van der Waals surface area contributed by atoms with Crippen LogP contribution in [0.15, 0.2) is 72.8 Å². The molecule has 0 saturated carbocycles. The van der Waals surface area contributed by atoms with Crippen molar-refractivity contribution in [2.75, 3.05) is 16.8 Å². The fraction of sp³-hybridized carbons (Fsp3) is 0.0455. The lowest BCUT2D eigenvalue weighted by Crippen LogP contribution is -2.36. The SMILES string of the molecule is O=C1CN(c2nc(-c3ccccc3)c3cc(Cl)ccc3n2)c2ccccc2N1. The summed E-state index contributed by atoms with van der Waals surface area (Å²) in [6.45, 7) is 0.157. The zero-order valence-electron chi connectivity index (χ0n) is 14.8. The first-order valence-corrected chi connectivity index (χ1v) is 9.26. The van der Waals surface area contributed by atoms with E-state index in [1.165, 1.54) is 0 Å². The third kappa shape index (κ3) is 2.86. The van der Waals surface area contributed by atoms with E-state index in [0.717, 1.165) is 33.5 Å². The molecule has 0 saturated heterocycles. The Morgan fingerprint density at radius 1 is 0.929 bits per heavy atom. The summed E-state index contributed by atoms with van der Waals surface area (Å²) < 4.78 is 0. The highest BCUT2D eigenvalue weighted by Crippen LogP contribution is 2.36. The highest BCUT2D eigenvalue weighted by atomic mass is 35.5. The molecule has 0 atom stereocenters. The van der Waals surface area contributed by atoms with Gasteiger partial charge in [-0.2, -0.15) is 0 Å². The lowest BCUT2D eigenvalue weighted by molar-refractivity contribution is -0.115. The zero-order chi connectivity index (χ0) is 19.1. The third-order valence-corrected chi connectivity index (χ3v) is 4.94. The van der Waals surface area contributed by atoms with Gasteiger partial charge in [-0.1, -0.05) is 54.1 Å². The van der Waals surface area contributed by atoms with Crippen molar-refractivity contribution < 1.29 is 4.79 Å². The smallest absolute Gasteiger partial charge is 0.244 e. The Hall–Kier alpha value is -3.44. The molecule has 4 aromatic rings. The standard InChI is InChI=1S/C22H15ClN4O/c23-15-10-11-17-16(12-15)21(14-6-2-1-3-7-14)26-22(25-17)27-13-20(28)24-18-8-4-5-9-19(18)27/h1-12H,13H2,(H,24,28). The maximum absolute atomic E-state index is 12.2. The first-order chi connectivity index (χ1) is 13.7. The Kier molecular flexibility index (Phi) is 3.95. The predicted molar refractivity (Wildman–Crippen MR) is 112 cm³/mol. The number of hydrogen-bond donors (Lipinski definition) is 1. The van der Waals surface area contributed by atoms with Crippen LogP contribution >= 0.6 is 11.6 Å². The quantitative estimate of drug-likeness (QED) is 0.524. The van der Waals surface area contributed by atoms with Crippen LogP contribution in [-0.2, 0) is 4.79 Å². The summed E-state index contributed by atoms with van der Waals surface area (Å²) >= 11 is 6.23. The van der Waals surface area contributed by atoms with E-state index >= 15 is 0 Å². The number of para-hydroxylation sites is 2. The fourth-order valence-corrected chi connectivity index (χ4v) is 3.61. The highest BCUT2D eigenvalue weighted by molar-refractivity contribution is 6.31. The Bertz CT molecular complexity index is 1210. The molecule has 0 fully saturated rings. The van der Waals surface area contributed by atoms with Gasteiger partial charge in [-0.15, -0.1) is 0 Å². The number of carbonyl (C=O) groups is 1. The van der Waals surface area contributed by atoms with Gasteiger partial charge in [-0.3, -0.25) is 9.69 Å². The fourth-order valence-electron chi connectivity index (χ4n) is 3.44. The number of aromatic nitrogens is 2. The lowest BCUT2D eigenvalue weighted by atomic mass is 10.1. The van der Waals surface area contributed by atoms with Gasteiger partial charge >= 0.3 is 0 Å². The highest BCUT2D eigenvalue weighted by Gasteiger charge is 2.25. The van der Waals surface area contributed by atoms with E-state index in [-0.39, 0.29) is 12.5 Å². The minimum absolute atomic E-state index is 0.0974. The van der Waals surface area contributed by atoms with Crippen molar-refractivity contribution in [1.29, 1.82) is 0 Å². The topological polar surface area (TPSA) is 58.1 Å². The summed E-state index contributed by atoms with van der Waals surface area (Å²) in [6.07, 6.45) is 0. The zero-order valence-corrected chi connectivity index (χ0v) is 15.5. The Morgan fingerprint density at radius 2 is 1.71 bits per heavy atom. The molecular formula is C22H15ClN4O. The number of amides is 1. The molecule has 1 N–H and O–H groups in total. The first kappa shape index (κ1) is 16.7. The van der Waals surface area contributed by atoms with Crippen LogP contribution in [0.4, 0.5) is 17.3 Å². The minimum atomic E-state index is -0.0974. The second-order valence-electron chi connectivity index (χ2n) is 6.55. The van der Waals surface area contributed by atoms with Gasteiger partial charge in [0, 0.05) is 16.0 Å². The van der Waals surface area contributed by atoms with Crippen LogP contribution in [0.3, 0.4) is 0 Å². The molecule has 5 nitrogen and oxygen atoms in total. The molecule has 136 valence electrons. The van der Waals surface area contributed by atoms with E-state index in [4.69, 9.17) is 21.6 Å². The largest absolute Gasteiger partial charge is 0.323 e. The second kappa shape index (κ2) is 6.62. The molecule has 0 bridgehead atoms. The van der Waals surface area contributed by atoms with Crippen molar-refractivity contribution in [3.63, 3.8) is 0 Å². The summed E-state index contributed by atoms with van der Waals surface area (Å²) in [4.78, 5) is 23.7. The van der Waals surface area contributed by atoms with Crippen molar-refractivity contribution in [2.24, 2.45) is 0 Å². The van der Waals surface area contributed by atoms with Crippen molar-refractivity contribution in [3.8, 4) is 11.3 Å². The number of fused-ring (bicyclic) bond motifs is 2. The second-order valence-corrected chi connectivity index (χ2v) is 6.99. The van der Waals surface area contributed by atoms with Gasteiger partial charge in [0.15, 0.2) is 0 Å². The lowest BCUT2D eigenvalue weighted by Gasteiger charge is -2.29. The molecule has 2 heterocycles. The molecule has 28 heavy (non-hydrogen) atoms. The minimum Gasteiger partial charge on any atom is -0.323 e. The molecule has 5 rings (SSSR count). The number of nitrogens with one attached hydrogen (secondary N) is 1. The van der Waals surface area contributed by atoms with E-state index in [0.29, 0.717) is 11.0 Å². The van der Waals surface area contributed by atoms with Gasteiger partial charge in [-0.25, -0.2) is 9.97 Å². The van der Waals surface area contributed by atoms with Crippen molar-refractivity contribution in [2.45, 2.75) is 0 Å². The van der Waals surface area contributed by atoms with Gasteiger partial charge in [-0.05, 0) is 30.3 Å². The molecule has 1 amide bonds. The maximum Gasteiger partial charge on any atom is 0.244 e. The van der Waals surface area contributed by atoms with Crippen LogP contribution in [0.5, 0.6) is 0 Å². The molecule has 1 aromatic heterocycles. The average Bonchev–Trinajstić information content (AvgIpc) is 2.73. The molecule has 0 unspecified atom stereocenters. The maximum atomic E-state index is 12.2. The molecule has 0 spiro atoms. The van der Waals surface area contributed by atoms with Crippen molar-refractivity contribution in [3.05, 3.63) is 77.8 Å². The summed E-state index contributed by atoms with van der Waals surface area (Å²) in [5.41, 5.74) is 4.14. The van der Waals surface area contributed by atoms with Crippen LogP contribution in [0.1, 0.15) is 0 Å². The number of rotatable bonds is 2. The summed E-state index contributed by atoms with van der Waals surface area (Å²) in [5, 5.41) is 4.40. The number of halogens is 1. The Morgan fingerprint density at radius 3 is 2.57 bits per heavy atom. The number of anilines is 3. The van der Waals surface area contributed by atoms with E-state index < -0.39 is 0 Å². The molecule has 3 aromatic carbocycles. The number of carbonyl (C=O) groups excluding carboxylic acids is 1.